The predicted molar refractivity (Wildman–Crippen MR) is 110 cm³/mol. The van der Waals surface area contributed by atoms with Gasteiger partial charge in [-0.25, -0.2) is 0 Å². The van der Waals surface area contributed by atoms with Crippen LogP contribution in [0.4, 0.5) is 0 Å². The fraction of sp³-hybridized carbons (Fsp3) is 1.00. The van der Waals surface area contributed by atoms with Crippen molar-refractivity contribution in [1.29, 1.82) is 0 Å². The third-order valence-corrected chi connectivity index (χ3v) is 0. The van der Waals surface area contributed by atoms with Crippen LogP contribution in [0.3, 0.4) is 0 Å². The van der Waals surface area contributed by atoms with Crippen LogP contribution in [0.25, 0.3) is 0 Å². The van der Waals surface area contributed by atoms with Crippen molar-refractivity contribution in [2.45, 2.75) is 101 Å². The molecule has 0 unspecified atom stereocenters. The first kappa shape index (κ1) is 56.5. The molecule has 172 valence electrons. The third-order valence-electron chi connectivity index (χ3n) is 0. The molecule has 0 saturated heterocycles. The van der Waals surface area contributed by atoms with Gasteiger partial charge >= 0.3 is 21.7 Å². The van der Waals surface area contributed by atoms with Crippen molar-refractivity contribution in [2.75, 3.05) is 19.8 Å². The summed E-state index contributed by atoms with van der Waals surface area (Å²) in [6.45, 7) is 18.7. The largest absolute Gasteiger partial charge is 4.00 e. The fourth-order valence-electron chi connectivity index (χ4n) is 0. The molecule has 0 aromatic rings. The Morgan fingerprint density at radius 2 is 0.481 bits per heavy atom. The van der Waals surface area contributed by atoms with Crippen LogP contribution in [0, 0.1) is 0 Å². The Labute approximate surface area is 188 Å². The van der Waals surface area contributed by atoms with Crippen LogP contribution >= 0.6 is 0 Å². The van der Waals surface area contributed by atoms with Gasteiger partial charge in [0.05, 0.1) is 0 Å². The zero-order chi connectivity index (χ0) is 22.4. The Morgan fingerprint density at radius 3 is 0.481 bits per heavy atom. The summed E-state index contributed by atoms with van der Waals surface area (Å²) < 4.78 is 0. The molecular formula is C18H50O7SiTi. The van der Waals surface area contributed by atoms with E-state index in [4.69, 9.17) is 15.3 Å². The van der Waals surface area contributed by atoms with Crippen molar-refractivity contribution in [1.82, 2.24) is 0 Å². The first-order valence-corrected chi connectivity index (χ1v) is 8.63. The molecule has 27 heavy (non-hydrogen) atoms. The number of aliphatic hydroxyl groups excluding tert-OH is 3. The molecule has 0 aromatic heterocycles. The van der Waals surface area contributed by atoms with Gasteiger partial charge in [0.2, 0.25) is 0 Å². The normalized spacial score (nSPS) is 7.33. The Kier molecular flexibility index (Phi) is 150. The summed E-state index contributed by atoms with van der Waals surface area (Å²) in [7, 11) is 0. The number of hydrogen-bond acceptors (Lipinski definition) is 7. The molecule has 0 bridgehead atoms. The Hall–Kier alpha value is 0.651. The standard InChI is InChI=1S/4C3H7O.3C2H6O.H4Si.Ti/c4*1-3(2)4;3*1-2-3;;/h4*3H,1-2H3;3*3H,2H2,1H3;1H4;/q4*-1;;;;;+4. The van der Waals surface area contributed by atoms with Crippen molar-refractivity contribution >= 4 is 11.0 Å². The van der Waals surface area contributed by atoms with Gasteiger partial charge in [-0.3, -0.25) is 0 Å². The van der Waals surface area contributed by atoms with E-state index in [-0.39, 0.29) is 52.5 Å². The zero-order valence-electron chi connectivity index (χ0n) is 18.9. The molecule has 3 N–H and O–H groups in total. The van der Waals surface area contributed by atoms with Gasteiger partial charge in [0.15, 0.2) is 0 Å². The molecule has 0 aliphatic carbocycles. The van der Waals surface area contributed by atoms with Gasteiger partial charge in [-0.05, 0) is 31.7 Å². The minimum atomic E-state index is -0.417. The van der Waals surface area contributed by atoms with E-state index in [2.05, 4.69) is 0 Å². The van der Waals surface area contributed by atoms with Gasteiger partial charge in [0.1, 0.15) is 0 Å². The predicted octanol–water partition coefficient (Wildman–Crippen LogP) is -2.44. The molecule has 0 fully saturated rings. The molecule has 9 heteroatoms. The molecule has 0 saturated carbocycles. The van der Waals surface area contributed by atoms with E-state index in [9.17, 15) is 20.4 Å². The molecule has 0 aromatic carbocycles. The Balaban J connectivity index is -0.0000000198. The van der Waals surface area contributed by atoms with Crippen LogP contribution in [0.2, 0.25) is 0 Å². The minimum Gasteiger partial charge on any atom is -0.852 e. The summed E-state index contributed by atoms with van der Waals surface area (Å²) in [5.74, 6) is 0. The number of hydrogen-bond donors (Lipinski definition) is 3. The van der Waals surface area contributed by atoms with Gasteiger partial charge in [0.25, 0.3) is 0 Å². The van der Waals surface area contributed by atoms with Gasteiger partial charge in [-0.15, -0.1) is 24.4 Å². The van der Waals surface area contributed by atoms with E-state index in [0.29, 0.717) is 0 Å². The first-order valence-electron chi connectivity index (χ1n) is 8.63. The van der Waals surface area contributed by atoms with Crippen LogP contribution in [0.15, 0.2) is 0 Å². The molecule has 0 rings (SSSR count). The van der Waals surface area contributed by atoms with Gasteiger partial charge < -0.3 is 35.7 Å². The Morgan fingerprint density at radius 1 is 0.481 bits per heavy atom. The summed E-state index contributed by atoms with van der Waals surface area (Å²) in [4.78, 5) is 0. The Bertz CT molecular complexity index is 103. The van der Waals surface area contributed by atoms with E-state index in [1.807, 2.05) is 0 Å². The molecule has 0 atom stereocenters. The van der Waals surface area contributed by atoms with E-state index in [0.717, 1.165) is 0 Å². The maximum Gasteiger partial charge on any atom is 4.00 e. The van der Waals surface area contributed by atoms with Crippen LogP contribution in [-0.4, -0.2) is 70.5 Å². The van der Waals surface area contributed by atoms with Crippen molar-refractivity contribution in [3.05, 3.63) is 0 Å². The second kappa shape index (κ2) is 71.6. The molecule has 0 aliphatic rings. The van der Waals surface area contributed by atoms with Gasteiger partial charge in [-0.2, -0.15) is 0 Å². The average Bonchev–Trinajstić information content (AvgIpc) is 2.27. The summed E-state index contributed by atoms with van der Waals surface area (Å²) in [6, 6.07) is 0. The smallest absolute Gasteiger partial charge is 0.852 e. The second-order valence-corrected chi connectivity index (χ2v) is 5.14. The summed E-state index contributed by atoms with van der Waals surface area (Å²) >= 11 is 0. The molecule has 0 aliphatic heterocycles. The molecule has 7 nitrogen and oxygen atoms in total. The van der Waals surface area contributed by atoms with Gasteiger partial charge in [0, 0.05) is 19.8 Å². The molecule has 0 radical (unpaired) electrons. The topological polar surface area (TPSA) is 153 Å². The molecule has 0 spiro atoms. The summed E-state index contributed by atoms with van der Waals surface area (Å²) in [6.07, 6.45) is -1.67. The van der Waals surface area contributed by atoms with E-state index in [1.165, 1.54) is 0 Å². The number of rotatable bonds is 0. The quantitative estimate of drug-likeness (QED) is 0.344. The van der Waals surface area contributed by atoms with Crippen molar-refractivity contribution in [3.63, 3.8) is 0 Å². The van der Waals surface area contributed by atoms with Crippen LogP contribution in [0.5, 0.6) is 0 Å². The maximum absolute atomic E-state index is 9.53. The van der Waals surface area contributed by atoms with Crippen molar-refractivity contribution in [3.8, 4) is 0 Å². The van der Waals surface area contributed by atoms with Crippen LogP contribution in [-0.2, 0) is 21.7 Å². The van der Waals surface area contributed by atoms with Crippen molar-refractivity contribution < 1.29 is 57.5 Å². The van der Waals surface area contributed by atoms with E-state index in [1.54, 1.807) is 76.2 Å². The monoisotopic (exact) mass is 454 g/mol. The van der Waals surface area contributed by atoms with Gasteiger partial charge in [-0.1, -0.05) is 55.4 Å². The van der Waals surface area contributed by atoms with Crippen LogP contribution in [0.1, 0.15) is 76.2 Å². The van der Waals surface area contributed by atoms with E-state index >= 15 is 0 Å². The van der Waals surface area contributed by atoms with Crippen molar-refractivity contribution in [2.24, 2.45) is 0 Å². The third kappa shape index (κ3) is 38200. The number of aliphatic hydroxyl groups is 3. The van der Waals surface area contributed by atoms with E-state index < -0.39 is 24.4 Å². The second-order valence-electron chi connectivity index (χ2n) is 5.14. The average molecular weight is 455 g/mol. The molecule has 0 heterocycles. The summed E-state index contributed by atoms with van der Waals surface area (Å²) in [5, 5.41) is 60.8. The minimum absolute atomic E-state index is 0. The summed E-state index contributed by atoms with van der Waals surface area (Å²) in [5.41, 5.74) is 0. The molecular weight excluding hydrogens is 404 g/mol. The molecule has 0 amide bonds. The SMILES string of the molecule is CC(C)[O-].CC(C)[O-].CC(C)[O-].CC(C)[O-].CCO.CCO.CCO.[SiH4].[Ti+4]. The zero-order valence-corrected chi connectivity index (χ0v) is 20.5. The maximum atomic E-state index is 9.53. The first-order chi connectivity index (χ1) is 11.2. The fourth-order valence-corrected chi connectivity index (χ4v) is 0. The van der Waals surface area contributed by atoms with Crippen LogP contribution < -0.4 is 20.4 Å².